The van der Waals surface area contributed by atoms with E-state index in [-0.39, 0.29) is 18.1 Å². The monoisotopic (exact) mass is 270 g/mol. The SMILES string of the molecule is O=C(CNCC1CCCCC1O)NC1CCOCC1. The van der Waals surface area contributed by atoms with Gasteiger partial charge in [-0.25, -0.2) is 0 Å². The largest absolute Gasteiger partial charge is 0.393 e. The number of rotatable bonds is 5. The first kappa shape index (κ1) is 14.8. The van der Waals surface area contributed by atoms with E-state index in [1.54, 1.807) is 0 Å². The van der Waals surface area contributed by atoms with Crippen LogP contribution in [0.15, 0.2) is 0 Å². The Morgan fingerprint density at radius 1 is 1.16 bits per heavy atom. The molecule has 3 N–H and O–H groups in total. The Morgan fingerprint density at radius 3 is 2.63 bits per heavy atom. The van der Waals surface area contributed by atoms with E-state index in [0.29, 0.717) is 12.5 Å². The van der Waals surface area contributed by atoms with Crippen LogP contribution in [-0.4, -0.2) is 49.5 Å². The third-order valence-corrected chi connectivity index (χ3v) is 4.15. The molecule has 1 saturated heterocycles. The number of amides is 1. The lowest BCUT2D eigenvalue weighted by molar-refractivity contribution is -0.121. The molecule has 1 heterocycles. The van der Waals surface area contributed by atoms with E-state index in [4.69, 9.17) is 4.74 Å². The lowest BCUT2D eigenvalue weighted by Crippen LogP contribution is -2.44. The summed E-state index contributed by atoms with van der Waals surface area (Å²) in [5.41, 5.74) is 0. The molecule has 0 spiro atoms. The molecule has 0 radical (unpaired) electrons. The molecule has 2 rings (SSSR count). The van der Waals surface area contributed by atoms with E-state index >= 15 is 0 Å². The number of hydrogen-bond acceptors (Lipinski definition) is 4. The number of hydrogen-bond donors (Lipinski definition) is 3. The molecular formula is C14H26N2O3. The van der Waals surface area contributed by atoms with Gasteiger partial charge in [-0.1, -0.05) is 12.8 Å². The molecule has 0 aromatic rings. The van der Waals surface area contributed by atoms with E-state index in [1.165, 1.54) is 6.42 Å². The number of aliphatic hydroxyl groups excluding tert-OH is 1. The first-order valence-corrected chi connectivity index (χ1v) is 7.51. The lowest BCUT2D eigenvalue weighted by Gasteiger charge is -2.28. The molecule has 110 valence electrons. The van der Waals surface area contributed by atoms with Crippen molar-refractivity contribution in [3.63, 3.8) is 0 Å². The summed E-state index contributed by atoms with van der Waals surface area (Å²) in [6.07, 6.45) is 5.91. The van der Waals surface area contributed by atoms with Crippen LogP contribution in [-0.2, 0) is 9.53 Å². The van der Waals surface area contributed by atoms with Gasteiger partial charge in [0.2, 0.25) is 5.91 Å². The zero-order chi connectivity index (χ0) is 13.5. The number of nitrogens with one attached hydrogen (secondary N) is 2. The highest BCUT2D eigenvalue weighted by Gasteiger charge is 2.22. The number of ether oxygens (including phenoxy) is 1. The molecule has 0 aromatic heterocycles. The van der Waals surface area contributed by atoms with Gasteiger partial charge in [0.1, 0.15) is 0 Å². The fourth-order valence-electron chi connectivity index (χ4n) is 2.92. The molecule has 2 atom stereocenters. The minimum Gasteiger partial charge on any atom is -0.393 e. The summed E-state index contributed by atoms with van der Waals surface area (Å²) >= 11 is 0. The van der Waals surface area contributed by atoms with Gasteiger partial charge >= 0.3 is 0 Å². The molecule has 0 aromatic carbocycles. The van der Waals surface area contributed by atoms with Gasteiger partial charge in [0, 0.05) is 25.8 Å². The quantitative estimate of drug-likeness (QED) is 0.677. The summed E-state index contributed by atoms with van der Waals surface area (Å²) in [5, 5.41) is 16.0. The third kappa shape index (κ3) is 5.09. The van der Waals surface area contributed by atoms with E-state index in [2.05, 4.69) is 10.6 Å². The molecule has 1 amide bonds. The van der Waals surface area contributed by atoms with Gasteiger partial charge in [0.05, 0.1) is 12.6 Å². The van der Waals surface area contributed by atoms with E-state index in [1.807, 2.05) is 0 Å². The van der Waals surface area contributed by atoms with Crippen LogP contribution in [0, 0.1) is 5.92 Å². The number of aliphatic hydroxyl groups is 1. The highest BCUT2D eigenvalue weighted by molar-refractivity contribution is 5.78. The molecule has 1 aliphatic heterocycles. The van der Waals surface area contributed by atoms with Crippen LogP contribution in [0.1, 0.15) is 38.5 Å². The van der Waals surface area contributed by atoms with Crippen molar-refractivity contribution in [3.8, 4) is 0 Å². The van der Waals surface area contributed by atoms with Crippen LogP contribution in [0.3, 0.4) is 0 Å². The number of carbonyl (C=O) groups is 1. The molecule has 2 aliphatic rings. The van der Waals surface area contributed by atoms with Gasteiger partial charge < -0.3 is 20.5 Å². The van der Waals surface area contributed by atoms with Crippen LogP contribution in [0.25, 0.3) is 0 Å². The minimum atomic E-state index is -0.195. The second-order valence-electron chi connectivity index (χ2n) is 5.70. The predicted molar refractivity (Wildman–Crippen MR) is 72.8 cm³/mol. The van der Waals surface area contributed by atoms with Crippen molar-refractivity contribution in [3.05, 3.63) is 0 Å². The summed E-state index contributed by atoms with van der Waals surface area (Å²) in [5.74, 6) is 0.363. The first-order valence-electron chi connectivity index (χ1n) is 7.51. The second-order valence-corrected chi connectivity index (χ2v) is 5.70. The normalized spacial score (nSPS) is 29.1. The molecule has 5 heteroatoms. The van der Waals surface area contributed by atoms with E-state index in [9.17, 15) is 9.90 Å². The third-order valence-electron chi connectivity index (χ3n) is 4.15. The standard InChI is InChI=1S/C14H26N2O3/c17-13-4-2-1-3-11(13)9-15-10-14(18)16-12-5-7-19-8-6-12/h11-13,15,17H,1-10H2,(H,16,18). The fourth-order valence-corrected chi connectivity index (χ4v) is 2.92. The van der Waals surface area contributed by atoms with Crippen LogP contribution < -0.4 is 10.6 Å². The molecular weight excluding hydrogens is 244 g/mol. The van der Waals surface area contributed by atoms with Crippen molar-refractivity contribution in [1.82, 2.24) is 10.6 Å². The summed E-state index contributed by atoms with van der Waals surface area (Å²) in [7, 11) is 0. The maximum absolute atomic E-state index is 11.8. The van der Waals surface area contributed by atoms with Gasteiger partial charge in [-0.2, -0.15) is 0 Å². The fraction of sp³-hybridized carbons (Fsp3) is 0.929. The van der Waals surface area contributed by atoms with E-state index in [0.717, 1.165) is 51.9 Å². The van der Waals surface area contributed by atoms with Crippen molar-refractivity contribution in [2.24, 2.45) is 5.92 Å². The van der Waals surface area contributed by atoms with Crippen molar-refractivity contribution >= 4 is 5.91 Å². The van der Waals surface area contributed by atoms with E-state index < -0.39 is 0 Å². The molecule has 1 aliphatic carbocycles. The van der Waals surface area contributed by atoms with Gasteiger partial charge in [-0.05, 0) is 31.6 Å². The molecule has 2 fully saturated rings. The average molecular weight is 270 g/mol. The Morgan fingerprint density at radius 2 is 1.89 bits per heavy atom. The summed E-state index contributed by atoms with van der Waals surface area (Å²) in [6.45, 7) is 2.57. The molecule has 5 nitrogen and oxygen atoms in total. The summed E-state index contributed by atoms with van der Waals surface area (Å²) < 4.78 is 5.26. The smallest absolute Gasteiger partial charge is 0.234 e. The van der Waals surface area contributed by atoms with Crippen LogP contribution >= 0.6 is 0 Å². The van der Waals surface area contributed by atoms with Crippen molar-refractivity contribution in [2.75, 3.05) is 26.3 Å². The van der Waals surface area contributed by atoms with Crippen molar-refractivity contribution in [1.29, 1.82) is 0 Å². The maximum atomic E-state index is 11.8. The van der Waals surface area contributed by atoms with Crippen LogP contribution in [0.5, 0.6) is 0 Å². The second kappa shape index (κ2) is 7.82. The van der Waals surface area contributed by atoms with Gasteiger partial charge in [-0.3, -0.25) is 4.79 Å². The summed E-state index contributed by atoms with van der Waals surface area (Å²) in [6, 6.07) is 0.267. The zero-order valence-electron chi connectivity index (χ0n) is 11.6. The molecule has 19 heavy (non-hydrogen) atoms. The first-order chi connectivity index (χ1) is 9.25. The van der Waals surface area contributed by atoms with Gasteiger partial charge in [-0.15, -0.1) is 0 Å². The topological polar surface area (TPSA) is 70.6 Å². The Labute approximate surface area is 115 Å². The number of carbonyl (C=O) groups excluding carboxylic acids is 1. The Kier molecular flexibility index (Phi) is 6.07. The highest BCUT2D eigenvalue weighted by atomic mass is 16.5. The van der Waals surface area contributed by atoms with Crippen LogP contribution in [0.2, 0.25) is 0 Å². The highest BCUT2D eigenvalue weighted by Crippen LogP contribution is 2.23. The zero-order valence-corrected chi connectivity index (χ0v) is 11.6. The Balaban J connectivity index is 1.58. The predicted octanol–water partition coefficient (Wildman–Crippen LogP) is 0.422. The molecule has 1 saturated carbocycles. The Hall–Kier alpha value is -0.650. The van der Waals surface area contributed by atoms with Crippen molar-refractivity contribution < 1.29 is 14.6 Å². The maximum Gasteiger partial charge on any atom is 0.234 e. The summed E-state index contributed by atoms with van der Waals surface area (Å²) in [4.78, 5) is 11.8. The van der Waals surface area contributed by atoms with Gasteiger partial charge in [0.15, 0.2) is 0 Å². The van der Waals surface area contributed by atoms with Crippen molar-refractivity contribution in [2.45, 2.75) is 50.7 Å². The average Bonchev–Trinajstić information content (AvgIpc) is 2.42. The molecule has 2 unspecified atom stereocenters. The lowest BCUT2D eigenvalue weighted by atomic mass is 9.86. The van der Waals surface area contributed by atoms with Crippen LogP contribution in [0.4, 0.5) is 0 Å². The minimum absolute atomic E-state index is 0.0530. The molecule has 0 bridgehead atoms. The van der Waals surface area contributed by atoms with Gasteiger partial charge in [0.25, 0.3) is 0 Å². The Bertz CT molecular complexity index is 280.